The van der Waals surface area contributed by atoms with E-state index in [1.807, 2.05) is 7.05 Å². The van der Waals surface area contributed by atoms with E-state index in [9.17, 15) is 4.79 Å². The minimum Gasteiger partial charge on any atom is -0.310 e. The Morgan fingerprint density at radius 2 is 2.14 bits per heavy atom. The third-order valence-corrected chi connectivity index (χ3v) is 5.87. The minimum atomic E-state index is 0.124. The molecule has 0 spiro atoms. The molecule has 1 aromatic carbocycles. The lowest BCUT2D eigenvalue weighted by molar-refractivity contribution is 0.251. The number of nitrogens with zero attached hydrogens (tertiary/aromatic N) is 2. The Morgan fingerprint density at radius 1 is 1.29 bits per heavy atom. The van der Waals surface area contributed by atoms with E-state index in [1.54, 1.807) is 4.57 Å². The normalized spacial score (nSPS) is 26.3. The number of benzene rings is 1. The summed E-state index contributed by atoms with van der Waals surface area (Å²) in [4.78, 5) is 14.4. The molecule has 2 aliphatic rings. The Bertz CT molecular complexity index is 720. The van der Waals surface area contributed by atoms with E-state index >= 15 is 0 Å². The summed E-state index contributed by atoms with van der Waals surface area (Å²) >= 11 is 1.35. The average molecular weight is 303 g/mol. The van der Waals surface area contributed by atoms with Gasteiger partial charge in [-0.25, -0.2) is 0 Å². The van der Waals surface area contributed by atoms with Gasteiger partial charge in [-0.1, -0.05) is 17.4 Å². The zero-order chi connectivity index (χ0) is 14.4. The molecule has 21 heavy (non-hydrogen) atoms. The molecule has 2 atom stereocenters. The highest BCUT2D eigenvalue weighted by Crippen LogP contribution is 2.23. The average Bonchev–Trinajstić information content (AvgIpc) is 2.94. The molecule has 0 aliphatic carbocycles. The van der Waals surface area contributed by atoms with Gasteiger partial charge >= 0.3 is 4.87 Å². The van der Waals surface area contributed by atoms with Crippen LogP contribution in [0.25, 0.3) is 10.2 Å². The van der Waals surface area contributed by atoms with Gasteiger partial charge < -0.3 is 9.88 Å². The predicted molar refractivity (Wildman–Crippen MR) is 86.9 cm³/mol. The molecule has 2 bridgehead atoms. The lowest BCUT2D eigenvalue weighted by Crippen LogP contribution is -2.34. The maximum absolute atomic E-state index is 11.7. The number of nitrogens with one attached hydrogen (secondary N) is 1. The fourth-order valence-electron chi connectivity index (χ4n) is 3.69. The minimum absolute atomic E-state index is 0.124. The molecule has 2 aliphatic heterocycles. The molecule has 3 heterocycles. The van der Waals surface area contributed by atoms with E-state index < -0.39 is 0 Å². The first kappa shape index (κ1) is 13.5. The first-order valence-electron chi connectivity index (χ1n) is 7.76. The van der Waals surface area contributed by atoms with Crippen molar-refractivity contribution < 1.29 is 0 Å². The van der Waals surface area contributed by atoms with Gasteiger partial charge in [0.05, 0.1) is 10.2 Å². The molecule has 1 aromatic heterocycles. The molecule has 1 N–H and O–H groups in total. The van der Waals surface area contributed by atoms with Crippen LogP contribution in [0.4, 0.5) is 0 Å². The summed E-state index contributed by atoms with van der Waals surface area (Å²) in [5.41, 5.74) is 2.37. The number of aryl methyl sites for hydroxylation is 1. The first-order valence-corrected chi connectivity index (χ1v) is 8.57. The molecule has 4 nitrogen and oxygen atoms in total. The highest BCUT2D eigenvalue weighted by molar-refractivity contribution is 7.16. The van der Waals surface area contributed by atoms with Crippen LogP contribution in [-0.2, 0) is 13.6 Å². The molecule has 2 aromatic rings. The van der Waals surface area contributed by atoms with Gasteiger partial charge in [0, 0.05) is 38.8 Å². The van der Waals surface area contributed by atoms with Crippen molar-refractivity contribution in [3.8, 4) is 0 Å². The SMILES string of the molecule is Cn1c(=O)sc2cc(CN3CCC4CCC(C3)N4)ccc21. The molecule has 2 unspecified atom stereocenters. The Hall–Kier alpha value is -1.17. The van der Waals surface area contributed by atoms with Gasteiger partial charge in [0.15, 0.2) is 0 Å². The Labute approximate surface area is 128 Å². The van der Waals surface area contributed by atoms with Crippen LogP contribution in [0, 0.1) is 0 Å². The molecule has 0 saturated carbocycles. The molecule has 5 heteroatoms. The van der Waals surface area contributed by atoms with Gasteiger partial charge in [-0.15, -0.1) is 0 Å². The fourth-order valence-corrected chi connectivity index (χ4v) is 4.64. The maximum Gasteiger partial charge on any atom is 0.307 e. The lowest BCUT2D eigenvalue weighted by Gasteiger charge is -2.24. The molecule has 112 valence electrons. The summed E-state index contributed by atoms with van der Waals surface area (Å²) in [7, 11) is 1.85. The molecular formula is C16H21N3OS. The van der Waals surface area contributed by atoms with Crippen molar-refractivity contribution in [2.45, 2.75) is 37.9 Å². The highest BCUT2D eigenvalue weighted by atomic mass is 32.1. The second-order valence-corrected chi connectivity index (χ2v) is 7.38. The smallest absolute Gasteiger partial charge is 0.307 e. The van der Waals surface area contributed by atoms with Crippen molar-refractivity contribution in [1.82, 2.24) is 14.8 Å². The van der Waals surface area contributed by atoms with E-state index in [1.165, 1.54) is 42.7 Å². The number of aromatic nitrogens is 1. The van der Waals surface area contributed by atoms with Gasteiger partial charge in [0.2, 0.25) is 0 Å². The van der Waals surface area contributed by atoms with Crippen LogP contribution in [0.1, 0.15) is 24.8 Å². The molecule has 0 radical (unpaired) electrons. The number of hydrogen-bond donors (Lipinski definition) is 1. The van der Waals surface area contributed by atoms with Crippen LogP contribution >= 0.6 is 11.3 Å². The second kappa shape index (κ2) is 5.23. The van der Waals surface area contributed by atoms with Gasteiger partial charge in [-0.2, -0.15) is 0 Å². The molecule has 4 rings (SSSR count). The van der Waals surface area contributed by atoms with Crippen LogP contribution in [0.15, 0.2) is 23.0 Å². The third-order valence-electron chi connectivity index (χ3n) is 4.87. The second-order valence-electron chi connectivity index (χ2n) is 6.39. The lowest BCUT2D eigenvalue weighted by atomic mass is 10.1. The summed E-state index contributed by atoms with van der Waals surface area (Å²) < 4.78 is 2.84. The Kier molecular flexibility index (Phi) is 3.36. The molecule has 0 amide bonds. The van der Waals surface area contributed by atoms with Gasteiger partial charge in [0.25, 0.3) is 0 Å². The summed E-state index contributed by atoms with van der Waals surface area (Å²) in [6, 6.07) is 7.87. The zero-order valence-electron chi connectivity index (χ0n) is 12.3. The van der Waals surface area contributed by atoms with E-state index in [4.69, 9.17) is 0 Å². The number of rotatable bonds is 2. The fraction of sp³-hybridized carbons (Fsp3) is 0.562. The largest absolute Gasteiger partial charge is 0.310 e. The van der Waals surface area contributed by atoms with Gasteiger partial charge in [0.1, 0.15) is 0 Å². The number of likely N-dealkylation sites (tertiary alicyclic amines) is 1. The maximum atomic E-state index is 11.7. The van der Waals surface area contributed by atoms with Crippen LogP contribution in [0.2, 0.25) is 0 Å². The van der Waals surface area contributed by atoms with Crippen LogP contribution in [0.3, 0.4) is 0 Å². The molecule has 2 saturated heterocycles. The number of thiazole rings is 1. The Balaban J connectivity index is 1.55. The monoisotopic (exact) mass is 303 g/mol. The quantitative estimate of drug-likeness (QED) is 0.921. The van der Waals surface area contributed by atoms with E-state index in [0.29, 0.717) is 6.04 Å². The number of fused-ring (bicyclic) bond motifs is 3. The third kappa shape index (κ3) is 2.54. The Morgan fingerprint density at radius 3 is 3.05 bits per heavy atom. The van der Waals surface area contributed by atoms with E-state index in [2.05, 4.69) is 28.4 Å². The molecular weight excluding hydrogens is 282 g/mol. The van der Waals surface area contributed by atoms with E-state index in [-0.39, 0.29) is 4.87 Å². The van der Waals surface area contributed by atoms with Crippen molar-refractivity contribution in [2.24, 2.45) is 7.05 Å². The summed E-state index contributed by atoms with van der Waals surface area (Å²) in [6.07, 6.45) is 3.93. The van der Waals surface area contributed by atoms with Crippen LogP contribution < -0.4 is 10.2 Å². The standard InChI is InChI=1S/C16H21N3OS/c1-18-14-5-2-11(8-15(14)21-16(18)20)9-19-7-6-12-3-4-13(10-19)17-12/h2,5,8,12-13,17H,3-4,6-7,9-10H2,1H3. The zero-order valence-corrected chi connectivity index (χ0v) is 13.2. The predicted octanol–water partition coefficient (Wildman–Crippen LogP) is 1.93. The van der Waals surface area contributed by atoms with Crippen molar-refractivity contribution in [3.63, 3.8) is 0 Å². The summed E-state index contributed by atoms with van der Waals surface area (Å²) in [5.74, 6) is 0. The van der Waals surface area contributed by atoms with Crippen molar-refractivity contribution in [2.75, 3.05) is 13.1 Å². The van der Waals surface area contributed by atoms with Crippen molar-refractivity contribution in [1.29, 1.82) is 0 Å². The highest BCUT2D eigenvalue weighted by Gasteiger charge is 2.29. The molecule has 2 fully saturated rings. The topological polar surface area (TPSA) is 37.3 Å². The van der Waals surface area contributed by atoms with Crippen molar-refractivity contribution in [3.05, 3.63) is 33.4 Å². The van der Waals surface area contributed by atoms with E-state index in [0.717, 1.165) is 29.3 Å². The summed E-state index contributed by atoms with van der Waals surface area (Å²) in [6.45, 7) is 3.33. The van der Waals surface area contributed by atoms with Crippen LogP contribution in [0.5, 0.6) is 0 Å². The first-order chi connectivity index (χ1) is 10.2. The van der Waals surface area contributed by atoms with Gasteiger partial charge in [-0.3, -0.25) is 9.69 Å². The van der Waals surface area contributed by atoms with Crippen molar-refractivity contribution >= 4 is 21.6 Å². The summed E-state index contributed by atoms with van der Waals surface area (Å²) in [5, 5.41) is 3.72. The van der Waals surface area contributed by atoms with Crippen LogP contribution in [-0.4, -0.2) is 34.6 Å². The number of hydrogen-bond acceptors (Lipinski definition) is 4. The van der Waals surface area contributed by atoms with Gasteiger partial charge in [-0.05, 0) is 37.0 Å².